The van der Waals surface area contributed by atoms with Crippen molar-refractivity contribution in [2.45, 2.75) is 37.8 Å². The molecule has 2 aliphatic carbocycles. The van der Waals surface area contributed by atoms with Crippen LogP contribution in [0.25, 0.3) is 0 Å². The molecule has 106 valence electrons. The minimum Gasteiger partial charge on any atom is -0.352 e. The Morgan fingerprint density at radius 3 is 2.35 bits per heavy atom. The van der Waals surface area contributed by atoms with Crippen molar-refractivity contribution >= 4 is 11.8 Å². The van der Waals surface area contributed by atoms with E-state index < -0.39 is 6.04 Å². The fourth-order valence-corrected chi connectivity index (χ4v) is 2.05. The Bertz CT molecular complexity index is 495. The van der Waals surface area contributed by atoms with Crippen LogP contribution in [0, 0.1) is 5.92 Å². The van der Waals surface area contributed by atoms with E-state index in [1.165, 1.54) is 0 Å². The van der Waals surface area contributed by atoms with Crippen molar-refractivity contribution < 1.29 is 9.59 Å². The van der Waals surface area contributed by atoms with E-state index in [0.717, 1.165) is 31.2 Å². The van der Waals surface area contributed by atoms with Crippen LogP contribution in [0.5, 0.6) is 0 Å². The van der Waals surface area contributed by atoms with Gasteiger partial charge in [-0.05, 0) is 31.2 Å². The lowest BCUT2D eigenvalue weighted by Gasteiger charge is -2.19. The number of hydrogen-bond acceptors (Lipinski definition) is 3. The lowest BCUT2D eigenvalue weighted by atomic mass is 10.1. The molecule has 1 atom stereocenters. The largest absolute Gasteiger partial charge is 0.352 e. The van der Waals surface area contributed by atoms with Crippen LogP contribution < -0.4 is 16.2 Å². The van der Waals surface area contributed by atoms with Gasteiger partial charge in [-0.2, -0.15) is 0 Å². The zero-order chi connectivity index (χ0) is 13.9. The summed E-state index contributed by atoms with van der Waals surface area (Å²) in [5.74, 6) is 0.00497. The first-order valence-electron chi connectivity index (χ1n) is 7.15. The van der Waals surface area contributed by atoms with Gasteiger partial charge in [0.1, 0.15) is 6.04 Å². The average molecular weight is 273 g/mol. The highest BCUT2D eigenvalue weighted by atomic mass is 16.2. The minimum absolute atomic E-state index is 0.0230. The van der Waals surface area contributed by atoms with E-state index in [1.807, 2.05) is 30.3 Å². The maximum absolute atomic E-state index is 12.3. The molecule has 2 aliphatic rings. The van der Waals surface area contributed by atoms with Crippen LogP contribution in [-0.2, 0) is 9.59 Å². The Balaban J connectivity index is 1.65. The van der Waals surface area contributed by atoms with E-state index in [0.29, 0.717) is 6.04 Å². The molecule has 3 N–H and O–H groups in total. The number of nitrogens with one attached hydrogen (secondary N) is 3. The van der Waals surface area contributed by atoms with Crippen molar-refractivity contribution in [2.24, 2.45) is 5.92 Å². The van der Waals surface area contributed by atoms with E-state index in [2.05, 4.69) is 16.2 Å². The number of rotatable bonds is 6. The maximum Gasteiger partial charge on any atom is 0.243 e. The fourth-order valence-electron chi connectivity index (χ4n) is 2.05. The smallest absolute Gasteiger partial charge is 0.243 e. The molecule has 2 fully saturated rings. The Morgan fingerprint density at radius 1 is 1.05 bits per heavy atom. The summed E-state index contributed by atoms with van der Waals surface area (Å²) in [7, 11) is 0. The quantitative estimate of drug-likeness (QED) is 0.678. The fraction of sp³-hybridized carbons (Fsp3) is 0.467. The van der Waals surface area contributed by atoms with Crippen LogP contribution in [0.4, 0.5) is 0 Å². The third kappa shape index (κ3) is 3.36. The van der Waals surface area contributed by atoms with Crippen molar-refractivity contribution in [3.05, 3.63) is 35.9 Å². The molecular formula is C15H19N3O2. The molecule has 20 heavy (non-hydrogen) atoms. The van der Waals surface area contributed by atoms with Gasteiger partial charge in [-0.15, -0.1) is 0 Å². The molecule has 0 aliphatic heterocycles. The standard InChI is InChI=1S/C15H19N3O2/c19-14(11-6-7-11)18-17-13(10-4-2-1-3-5-10)15(20)16-12-8-9-12/h1-5,11-13,17H,6-9H2,(H,16,20)(H,18,19). The van der Waals surface area contributed by atoms with Gasteiger partial charge < -0.3 is 5.32 Å². The van der Waals surface area contributed by atoms with Gasteiger partial charge in [0.25, 0.3) is 0 Å². The molecule has 0 spiro atoms. The Hall–Kier alpha value is -1.88. The van der Waals surface area contributed by atoms with Crippen molar-refractivity contribution in [3.63, 3.8) is 0 Å². The zero-order valence-electron chi connectivity index (χ0n) is 11.3. The topological polar surface area (TPSA) is 70.2 Å². The summed E-state index contributed by atoms with van der Waals surface area (Å²) in [5.41, 5.74) is 6.40. The average Bonchev–Trinajstić information content (AvgIpc) is 3.33. The lowest BCUT2D eigenvalue weighted by Crippen LogP contribution is -2.47. The van der Waals surface area contributed by atoms with Crippen LogP contribution >= 0.6 is 0 Å². The predicted octanol–water partition coefficient (Wildman–Crippen LogP) is 1.04. The monoisotopic (exact) mass is 273 g/mol. The van der Waals surface area contributed by atoms with E-state index in [4.69, 9.17) is 0 Å². The molecular weight excluding hydrogens is 254 g/mol. The highest BCUT2D eigenvalue weighted by Crippen LogP contribution is 2.28. The summed E-state index contributed by atoms with van der Waals surface area (Å²) in [6.45, 7) is 0. The summed E-state index contributed by atoms with van der Waals surface area (Å²) >= 11 is 0. The van der Waals surface area contributed by atoms with Crippen molar-refractivity contribution in [2.75, 3.05) is 0 Å². The third-order valence-corrected chi connectivity index (χ3v) is 3.61. The first-order chi connectivity index (χ1) is 9.74. The first-order valence-corrected chi connectivity index (χ1v) is 7.15. The second kappa shape index (κ2) is 5.63. The van der Waals surface area contributed by atoms with Gasteiger partial charge in [-0.25, -0.2) is 5.43 Å². The van der Waals surface area contributed by atoms with Gasteiger partial charge in [0.05, 0.1) is 0 Å². The van der Waals surface area contributed by atoms with Gasteiger partial charge in [-0.1, -0.05) is 30.3 Å². The Kier molecular flexibility index (Phi) is 3.69. The van der Waals surface area contributed by atoms with Gasteiger partial charge in [0.15, 0.2) is 0 Å². The summed E-state index contributed by atoms with van der Waals surface area (Å²) < 4.78 is 0. The molecule has 2 amide bonds. The summed E-state index contributed by atoms with van der Waals surface area (Å²) in [4.78, 5) is 24.0. The van der Waals surface area contributed by atoms with Crippen LogP contribution in [0.1, 0.15) is 37.3 Å². The predicted molar refractivity (Wildman–Crippen MR) is 74.4 cm³/mol. The number of hydrazine groups is 1. The second-order valence-electron chi connectivity index (χ2n) is 5.53. The van der Waals surface area contributed by atoms with Crippen LogP contribution in [0.15, 0.2) is 30.3 Å². The zero-order valence-corrected chi connectivity index (χ0v) is 11.3. The molecule has 3 rings (SSSR count). The van der Waals surface area contributed by atoms with Crippen LogP contribution in [0.3, 0.4) is 0 Å². The van der Waals surface area contributed by atoms with E-state index in [-0.39, 0.29) is 17.7 Å². The van der Waals surface area contributed by atoms with Crippen LogP contribution in [0.2, 0.25) is 0 Å². The maximum atomic E-state index is 12.3. The summed E-state index contributed by atoms with van der Waals surface area (Å²) in [5, 5.41) is 2.97. The van der Waals surface area contributed by atoms with Gasteiger partial charge in [0, 0.05) is 12.0 Å². The van der Waals surface area contributed by atoms with Gasteiger partial charge in [0.2, 0.25) is 11.8 Å². The minimum atomic E-state index is -0.542. The number of carbonyl (C=O) groups excluding carboxylic acids is 2. The SMILES string of the molecule is O=C(NNC(C(=O)NC1CC1)c1ccccc1)C1CC1. The highest BCUT2D eigenvalue weighted by Gasteiger charge is 2.32. The molecule has 5 heteroatoms. The van der Waals surface area contributed by atoms with Crippen molar-refractivity contribution in [1.82, 2.24) is 16.2 Å². The molecule has 5 nitrogen and oxygen atoms in total. The van der Waals surface area contributed by atoms with E-state index in [1.54, 1.807) is 0 Å². The molecule has 1 aromatic carbocycles. The van der Waals surface area contributed by atoms with E-state index in [9.17, 15) is 9.59 Å². The van der Waals surface area contributed by atoms with Gasteiger partial charge in [-0.3, -0.25) is 15.0 Å². The van der Waals surface area contributed by atoms with E-state index >= 15 is 0 Å². The Morgan fingerprint density at radius 2 is 1.75 bits per heavy atom. The molecule has 2 saturated carbocycles. The number of hydrogen-bond donors (Lipinski definition) is 3. The second-order valence-corrected chi connectivity index (χ2v) is 5.53. The summed E-state index contributed by atoms with van der Waals surface area (Å²) in [6, 6.07) is 9.20. The lowest BCUT2D eigenvalue weighted by molar-refractivity contribution is -0.126. The molecule has 0 aromatic heterocycles. The molecule has 0 heterocycles. The molecule has 1 unspecified atom stereocenters. The van der Waals surface area contributed by atoms with Gasteiger partial charge >= 0.3 is 0 Å². The number of amides is 2. The highest BCUT2D eigenvalue weighted by molar-refractivity contribution is 5.85. The normalized spacial score (nSPS) is 19.2. The van der Waals surface area contributed by atoms with Crippen molar-refractivity contribution in [3.8, 4) is 0 Å². The third-order valence-electron chi connectivity index (χ3n) is 3.61. The first kappa shape index (κ1) is 13.1. The molecule has 0 saturated heterocycles. The molecule has 0 radical (unpaired) electrons. The number of carbonyl (C=O) groups is 2. The molecule has 0 bridgehead atoms. The number of benzene rings is 1. The molecule has 1 aromatic rings. The van der Waals surface area contributed by atoms with Crippen LogP contribution in [-0.4, -0.2) is 17.9 Å². The Labute approximate surface area is 118 Å². The summed E-state index contributed by atoms with van der Waals surface area (Å²) in [6.07, 6.45) is 3.97. The van der Waals surface area contributed by atoms with Crippen molar-refractivity contribution in [1.29, 1.82) is 0 Å².